The molecule has 1 saturated heterocycles. The maximum atomic E-state index is 14.3. The lowest BCUT2D eigenvalue weighted by Crippen LogP contribution is -2.69. The van der Waals surface area contributed by atoms with Crippen molar-refractivity contribution in [3.8, 4) is 28.7 Å². The molecule has 11 nitrogen and oxygen atoms in total. The van der Waals surface area contributed by atoms with Crippen LogP contribution in [-0.4, -0.2) is 70.1 Å². The molecule has 14 heteroatoms. The number of carbonyl (C=O) groups is 3. The van der Waals surface area contributed by atoms with Gasteiger partial charge < -0.3 is 29.0 Å². The Morgan fingerprint density at radius 1 is 0.892 bits per heavy atom. The van der Waals surface area contributed by atoms with Crippen LogP contribution >= 0.6 is 0 Å². The molecule has 0 saturated carbocycles. The Labute approximate surface area is 209 Å². The minimum atomic E-state index is -5.41. The molecule has 3 rings (SSSR count). The SMILES string of the molecule is COc1cc(CN2C(=O)N[C@@](NC(=O)c3cc(OC)c(OC)c(OC)c3)(C(F)(F)F)C2=O)cc(OC)c1. The van der Waals surface area contributed by atoms with Gasteiger partial charge in [0.1, 0.15) is 11.5 Å². The second-order valence-corrected chi connectivity index (χ2v) is 7.66. The molecule has 1 fully saturated rings. The number of urea groups is 1. The normalized spacial score (nSPS) is 17.2. The van der Waals surface area contributed by atoms with Gasteiger partial charge in [-0.2, -0.15) is 13.2 Å². The van der Waals surface area contributed by atoms with Crippen molar-refractivity contribution in [2.75, 3.05) is 35.5 Å². The molecule has 2 aromatic rings. The first-order valence-corrected chi connectivity index (χ1v) is 10.5. The Balaban J connectivity index is 1.98. The van der Waals surface area contributed by atoms with Gasteiger partial charge in [-0.1, -0.05) is 0 Å². The lowest BCUT2D eigenvalue weighted by molar-refractivity contribution is -0.200. The molecule has 2 aromatic carbocycles. The molecule has 1 atom stereocenters. The number of rotatable bonds is 9. The summed E-state index contributed by atoms with van der Waals surface area (Å²) < 4.78 is 68.5. The first kappa shape index (κ1) is 27.2. The Kier molecular flexibility index (Phi) is 7.60. The maximum Gasteiger partial charge on any atom is 0.440 e. The van der Waals surface area contributed by atoms with Crippen LogP contribution in [0.1, 0.15) is 15.9 Å². The summed E-state index contributed by atoms with van der Waals surface area (Å²) in [6.07, 6.45) is -5.41. The van der Waals surface area contributed by atoms with Crippen molar-refractivity contribution in [1.82, 2.24) is 15.5 Å². The highest BCUT2D eigenvalue weighted by molar-refractivity contribution is 6.10. The molecule has 0 bridgehead atoms. The number of imide groups is 1. The highest BCUT2D eigenvalue weighted by atomic mass is 19.4. The smallest absolute Gasteiger partial charge is 0.440 e. The molecule has 2 N–H and O–H groups in total. The van der Waals surface area contributed by atoms with E-state index in [1.807, 2.05) is 0 Å². The zero-order chi connectivity index (χ0) is 27.5. The summed E-state index contributed by atoms with van der Waals surface area (Å²) in [7, 11) is 6.53. The number of carbonyl (C=O) groups excluding carboxylic acids is 3. The standard InChI is InChI=1S/C23H24F3N3O8/c1-33-14-6-12(7-15(10-14)34-2)11-29-20(31)22(23(24,25)26,28-21(29)32)27-19(30)13-8-16(35-3)18(37-5)17(9-13)36-4/h6-10H,11H2,1-5H3,(H,27,30)(H,28,32)/t22-/m1/s1. The fourth-order valence-corrected chi connectivity index (χ4v) is 3.66. The third kappa shape index (κ3) is 4.99. The molecular weight excluding hydrogens is 503 g/mol. The number of nitrogens with zero attached hydrogens (tertiary/aromatic N) is 1. The Bertz CT molecular complexity index is 1170. The van der Waals surface area contributed by atoms with E-state index in [9.17, 15) is 27.6 Å². The highest BCUT2D eigenvalue weighted by Gasteiger charge is 2.68. The number of alkyl halides is 3. The quantitative estimate of drug-likeness (QED) is 0.477. The van der Waals surface area contributed by atoms with Gasteiger partial charge in [0, 0.05) is 11.6 Å². The zero-order valence-corrected chi connectivity index (χ0v) is 20.4. The summed E-state index contributed by atoms with van der Waals surface area (Å²) in [5.74, 6) is -2.41. The molecule has 0 aliphatic carbocycles. The van der Waals surface area contributed by atoms with Crippen LogP contribution in [0.3, 0.4) is 0 Å². The van der Waals surface area contributed by atoms with Gasteiger partial charge in [0.15, 0.2) is 11.5 Å². The van der Waals surface area contributed by atoms with Gasteiger partial charge >= 0.3 is 12.2 Å². The Morgan fingerprint density at radius 3 is 1.86 bits per heavy atom. The second kappa shape index (κ2) is 10.3. The van der Waals surface area contributed by atoms with E-state index in [0.717, 1.165) is 12.1 Å². The first-order valence-electron chi connectivity index (χ1n) is 10.5. The zero-order valence-electron chi connectivity index (χ0n) is 20.4. The minimum absolute atomic E-state index is 0.0107. The Morgan fingerprint density at radius 2 is 1.43 bits per heavy atom. The fraction of sp³-hybridized carbons (Fsp3) is 0.348. The van der Waals surface area contributed by atoms with Crippen molar-refractivity contribution in [1.29, 1.82) is 0 Å². The molecule has 1 aliphatic rings. The van der Waals surface area contributed by atoms with E-state index < -0.39 is 36.2 Å². The number of amides is 4. The van der Waals surface area contributed by atoms with Crippen LogP contribution in [0, 0.1) is 0 Å². The highest BCUT2D eigenvalue weighted by Crippen LogP contribution is 2.39. The third-order valence-electron chi connectivity index (χ3n) is 5.51. The average molecular weight is 527 g/mol. The molecule has 0 unspecified atom stereocenters. The Hall–Kier alpha value is -4.36. The number of halogens is 3. The molecule has 0 aromatic heterocycles. The molecule has 0 radical (unpaired) electrons. The number of benzene rings is 2. The van der Waals surface area contributed by atoms with Crippen molar-refractivity contribution in [3.63, 3.8) is 0 Å². The van der Waals surface area contributed by atoms with Crippen LogP contribution < -0.4 is 34.3 Å². The van der Waals surface area contributed by atoms with Crippen LogP contribution in [-0.2, 0) is 11.3 Å². The predicted molar refractivity (Wildman–Crippen MR) is 121 cm³/mol. The summed E-state index contributed by atoms with van der Waals surface area (Å²) >= 11 is 0. The first-order chi connectivity index (χ1) is 17.4. The van der Waals surface area contributed by atoms with Gasteiger partial charge in [-0.3, -0.25) is 19.8 Å². The molecule has 200 valence electrons. The second-order valence-electron chi connectivity index (χ2n) is 7.66. The van der Waals surface area contributed by atoms with Crippen molar-refractivity contribution in [3.05, 3.63) is 41.5 Å². The maximum absolute atomic E-state index is 14.3. The van der Waals surface area contributed by atoms with Crippen molar-refractivity contribution >= 4 is 17.8 Å². The van der Waals surface area contributed by atoms with Crippen LogP contribution in [0.2, 0.25) is 0 Å². The van der Waals surface area contributed by atoms with E-state index >= 15 is 0 Å². The van der Waals surface area contributed by atoms with Crippen molar-refractivity contribution in [2.45, 2.75) is 18.4 Å². The van der Waals surface area contributed by atoms with Gasteiger partial charge in [0.05, 0.1) is 42.1 Å². The molecule has 4 amide bonds. The van der Waals surface area contributed by atoms with Crippen molar-refractivity contribution in [2.24, 2.45) is 0 Å². The lowest BCUT2D eigenvalue weighted by atomic mass is 10.1. The number of hydrogen-bond acceptors (Lipinski definition) is 8. The van der Waals surface area contributed by atoms with Crippen LogP contribution in [0.4, 0.5) is 18.0 Å². The van der Waals surface area contributed by atoms with E-state index in [0.29, 0.717) is 16.4 Å². The number of nitrogens with one attached hydrogen (secondary N) is 2. The lowest BCUT2D eigenvalue weighted by Gasteiger charge is -2.30. The van der Waals surface area contributed by atoms with Gasteiger partial charge in [0.25, 0.3) is 17.5 Å². The molecule has 1 aliphatic heterocycles. The largest absolute Gasteiger partial charge is 0.497 e. The van der Waals surface area contributed by atoms with Gasteiger partial charge in [0.2, 0.25) is 5.75 Å². The molecular formula is C23H24F3N3O8. The number of hydrogen-bond donors (Lipinski definition) is 2. The minimum Gasteiger partial charge on any atom is -0.497 e. The van der Waals surface area contributed by atoms with E-state index in [2.05, 4.69) is 0 Å². The molecule has 0 spiro atoms. The summed E-state index contributed by atoms with van der Waals surface area (Å²) in [5, 5.41) is 3.24. The summed E-state index contributed by atoms with van der Waals surface area (Å²) in [6.45, 7) is -0.559. The van der Waals surface area contributed by atoms with Crippen LogP contribution in [0.15, 0.2) is 30.3 Å². The monoisotopic (exact) mass is 527 g/mol. The van der Waals surface area contributed by atoms with E-state index in [1.54, 1.807) is 10.6 Å². The topological polar surface area (TPSA) is 125 Å². The van der Waals surface area contributed by atoms with E-state index in [-0.39, 0.29) is 28.4 Å². The van der Waals surface area contributed by atoms with Crippen LogP contribution in [0.5, 0.6) is 28.7 Å². The fourth-order valence-electron chi connectivity index (χ4n) is 3.66. The summed E-state index contributed by atoms with van der Waals surface area (Å²) in [5.41, 5.74) is -3.84. The predicted octanol–water partition coefficient (Wildman–Crippen LogP) is 2.47. The number of methoxy groups -OCH3 is 5. The van der Waals surface area contributed by atoms with E-state index in [4.69, 9.17) is 23.7 Å². The van der Waals surface area contributed by atoms with Gasteiger partial charge in [-0.05, 0) is 29.8 Å². The van der Waals surface area contributed by atoms with Gasteiger partial charge in [-0.25, -0.2) is 4.79 Å². The molecule has 1 heterocycles. The molecule has 37 heavy (non-hydrogen) atoms. The van der Waals surface area contributed by atoms with Gasteiger partial charge in [-0.15, -0.1) is 0 Å². The van der Waals surface area contributed by atoms with Crippen molar-refractivity contribution < 1.29 is 51.2 Å². The number of ether oxygens (including phenoxy) is 5. The summed E-state index contributed by atoms with van der Waals surface area (Å²) in [6, 6.07) is 5.18. The van der Waals surface area contributed by atoms with Crippen LogP contribution in [0.25, 0.3) is 0 Å². The van der Waals surface area contributed by atoms with E-state index in [1.165, 1.54) is 53.7 Å². The average Bonchev–Trinajstić information content (AvgIpc) is 3.12. The third-order valence-corrected chi connectivity index (χ3v) is 5.51. The summed E-state index contributed by atoms with van der Waals surface area (Å²) in [4.78, 5) is 39.0.